The maximum atomic E-state index is 3.57. The van der Waals surface area contributed by atoms with E-state index in [-0.39, 0.29) is 0 Å². The molecule has 0 spiro atoms. The van der Waals surface area contributed by atoms with Crippen LogP contribution in [0.15, 0.2) is 0 Å². The van der Waals surface area contributed by atoms with Crippen molar-refractivity contribution in [2.75, 3.05) is 26.2 Å². The van der Waals surface area contributed by atoms with Gasteiger partial charge in [-0.2, -0.15) is 0 Å². The molecule has 0 radical (unpaired) electrons. The molecule has 0 aromatic rings. The molecule has 0 bridgehead atoms. The van der Waals surface area contributed by atoms with E-state index >= 15 is 0 Å². The van der Waals surface area contributed by atoms with E-state index in [0.717, 1.165) is 31.5 Å². The molecule has 2 nitrogen and oxygen atoms in total. The molecule has 0 saturated carbocycles. The Hall–Kier alpha value is -0.0800. The van der Waals surface area contributed by atoms with Crippen LogP contribution in [0.25, 0.3) is 0 Å². The highest BCUT2D eigenvalue weighted by molar-refractivity contribution is 4.62. The van der Waals surface area contributed by atoms with E-state index in [1.54, 1.807) is 0 Å². The van der Waals surface area contributed by atoms with Gasteiger partial charge in [0.2, 0.25) is 0 Å². The molecule has 2 heteroatoms. The van der Waals surface area contributed by atoms with Crippen LogP contribution in [-0.4, -0.2) is 26.2 Å². The zero-order valence-corrected chi connectivity index (χ0v) is 11.8. The standard InChI is InChI=1S/C14H32N2/c1-5-7-14(8-6-2)12-16-10-9-15-11-13(3)4/h13-16H,5-12H2,1-4H3. The summed E-state index contributed by atoms with van der Waals surface area (Å²) in [5, 5.41) is 7.03. The van der Waals surface area contributed by atoms with Crippen LogP contribution in [0, 0.1) is 11.8 Å². The van der Waals surface area contributed by atoms with Crippen LogP contribution in [0.5, 0.6) is 0 Å². The van der Waals surface area contributed by atoms with E-state index < -0.39 is 0 Å². The summed E-state index contributed by atoms with van der Waals surface area (Å²) in [6.07, 6.45) is 5.39. The molecule has 0 amide bonds. The largest absolute Gasteiger partial charge is 0.315 e. The van der Waals surface area contributed by atoms with Gasteiger partial charge in [-0.15, -0.1) is 0 Å². The lowest BCUT2D eigenvalue weighted by Gasteiger charge is -2.16. The Morgan fingerprint density at radius 1 is 0.812 bits per heavy atom. The fourth-order valence-corrected chi connectivity index (χ4v) is 2.04. The van der Waals surface area contributed by atoms with E-state index in [0.29, 0.717) is 0 Å². The van der Waals surface area contributed by atoms with Gasteiger partial charge in [-0.1, -0.05) is 40.5 Å². The lowest BCUT2D eigenvalue weighted by atomic mass is 9.98. The van der Waals surface area contributed by atoms with Gasteiger partial charge in [0.1, 0.15) is 0 Å². The molecule has 16 heavy (non-hydrogen) atoms. The Kier molecular flexibility index (Phi) is 11.3. The van der Waals surface area contributed by atoms with Gasteiger partial charge >= 0.3 is 0 Å². The summed E-state index contributed by atoms with van der Waals surface area (Å²) in [6.45, 7) is 13.6. The molecule has 0 aliphatic heterocycles. The molecule has 0 aliphatic rings. The predicted octanol–water partition coefficient (Wildman–Crippen LogP) is 3.04. The Balaban J connectivity index is 3.32. The Labute approximate surface area is 103 Å². The smallest absolute Gasteiger partial charge is 0.00768 e. The second kappa shape index (κ2) is 11.4. The van der Waals surface area contributed by atoms with E-state index in [1.807, 2.05) is 0 Å². The second-order valence-corrected chi connectivity index (χ2v) is 5.25. The van der Waals surface area contributed by atoms with Gasteiger partial charge in [0.25, 0.3) is 0 Å². The number of rotatable bonds is 11. The molecule has 0 atom stereocenters. The SMILES string of the molecule is CCCC(CCC)CNCCNCC(C)C. The summed E-state index contributed by atoms with van der Waals surface area (Å²) in [7, 11) is 0. The van der Waals surface area contributed by atoms with Gasteiger partial charge < -0.3 is 10.6 Å². The molecule has 0 aromatic heterocycles. The van der Waals surface area contributed by atoms with Crippen molar-refractivity contribution in [1.29, 1.82) is 0 Å². The summed E-state index contributed by atoms with van der Waals surface area (Å²) < 4.78 is 0. The van der Waals surface area contributed by atoms with E-state index in [2.05, 4.69) is 38.3 Å². The van der Waals surface area contributed by atoms with Crippen LogP contribution in [-0.2, 0) is 0 Å². The van der Waals surface area contributed by atoms with Crippen molar-refractivity contribution in [3.05, 3.63) is 0 Å². The maximum Gasteiger partial charge on any atom is 0.00768 e. The zero-order chi connectivity index (χ0) is 12.2. The third kappa shape index (κ3) is 10.4. The molecule has 0 aliphatic carbocycles. The highest BCUT2D eigenvalue weighted by Gasteiger charge is 2.05. The van der Waals surface area contributed by atoms with Crippen LogP contribution >= 0.6 is 0 Å². The molecule has 98 valence electrons. The first-order chi connectivity index (χ1) is 7.70. The summed E-state index contributed by atoms with van der Waals surface area (Å²) in [6, 6.07) is 0. The molecule has 0 rings (SSSR count). The zero-order valence-electron chi connectivity index (χ0n) is 11.8. The van der Waals surface area contributed by atoms with Crippen LogP contribution < -0.4 is 10.6 Å². The van der Waals surface area contributed by atoms with Crippen molar-refractivity contribution in [1.82, 2.24) is 10.6 Å². The number of hydrogen-bond donors (Lipinski definition) is 2. The minimum absolute atomic E-state index is 0.757. The molecule has 0 heterocycles. The summed E-state index contributed by atoms with van der Waals surface area (Å²) in [5.74, 6) is 1.65. The topological polar surface area (TPSA) is 24.1 Å². The van der Waals surface area contributed by atoms with E-state index in [9.17, 15) is 0 Å². The Morgan fingerprint density at radius 2 is 1.31 bits per heavy atom. The number of hydrogen-bond acceptors (Lipinski definition) is 2. The van der Waals surface area contributed by atoms with Crippen LogP contribution in [0.3, 0.4) is 0 Å². The van der Waals surface area contributed by atoms with Crippen molar-refractivity contribution >= 4 is 0 Å². The third-order valence-corrected chi connectivity index (χ3v) is 2.86. The molecule has 2 N–H and O–H groups in total. The Morgan fingerprint density at radius 3 is 1.75 bits per heavy atom. The summed E-state index contributed by atoms with van der Waals surface area (Å²) in [4.78, 5) is 0. The molecular weight excluding hydrogens is 196 g/mol. The van der Waals surface area contributed by atoms with Crippen molar-refractivity contribution in [2.24, 2.45) is 11.8 Å². The lowest BCUT2D eigenvalue weighted by molar-refractivity contribution is 0.407. The van der Waals surface area contributed by atoms with Crippen LogP contribution in [0.1, 0.15) is 53.4 Å². The van der Waals surface area contributed by atoms with E-state index in [4.69, 9.17) is 0 Å². The predicted molar refractivity (Wildman–Crippen MR) is 73.9 cm³/mol. The van der Waals surface area contributed by atoms with Crippen molar-refractivity contribution in [3.63, 3.8) is 0 Å². The molecular formula is C14H32N2. The van der Waals surface area contributed by atoms with Gasteiger partial charge in [0.05, 0.1) is 0 Å². The van der Waals surface area contributed by atoms with Gasteiger partial charge in [-0.3, -0.25) is 0 Å². The van der Waals surface area contributed by atoms with Crippen molar-refractivity contribution in [2.45, 2.75) is 53.4 Å². The van der Waals surface area contributed by atoms with E-state index in [1.165, 1.54) is 32.2 Å². The van der Waals surface area contributed by atoms with Gasteiger partial charge in [-0.25, -0.2) is 0 Å². The van der Waals surface area contributed by atoms with Gasteiger partial charge in [0, 0.05) is 13.1 Å². The van der Waals surface area contributed by atoms with Crippen molar-refractivity contribution in [3.8, 4) is 0 Å². The maximum absolute atomic E-state index is 3.57. The summed E-state index contributed by atoms with van der Waals surface area (Å²) in [5.41, 5.74) is 0. The second-order valence-electron chi connectivity index (χ2n) is 5.25. The van der Waals surface area contributed by atoms with Crippen molar-refractivity contribution < 1.29 is 0 Å². The van der Waals surface area contributed by atoms with Gasteiger partial charge in [-0.05, 0) is 37.8 Å². The Bertz CT molecular complexity index is 129. The lowest BCUT2D eigenvalue weighted by Crippen LogP contribution is -2.32. The molecule has 0 saturated heterocycles. The van der Waals surface area contributed by atoms with Crippen LogP contribution in [0.4, 0.5) is 0 Å². The normalized spacial score (nSPS) is 11.6. The average Bonchev–Trinajstić information content (AvgIpc) is 2.23. The number of nitrogens with one attached hydrogen (secondary N) is 2. The monoisotopic (exact) mass is 228 g/mol. The highest BCUT2D eigenvalue weighted by atomic mass is 14.9. The molecule has 0 fully saturated rings. The first-order valence-electron chi connectivity index (χ1n) is 7.12. The first-order valence-corrected chi connectivity index (χ1v) is 7.12. The third-order valence-electron chi connectivity index (χ3n) is 2.86. The molecule has 0 unspecified atom stereocenters. The average molecular weight is 228 g/mol. The van der Waals surface area contributed by atoms with Gasteiger partial charge in [0.15, 0.2) is 0 Å². The quantitative estimate of drug-likeness (QED) is 0.531. The summed E-state index contributed by atoms with van der Waals surface area (Å²) >= 11 is 0. The highest BCUT2D eigenvalue weighted by Crippen LogP contribution is 2.11. The minimum atomic E-state index is 0.757. The fourth-order valence-electron chi connectivity index (χ4n) is 2.04. The first kappa shape index (κ1) is 15.9. The minimum Gasteiger partial charge on any atom is -0.315 e. The van der Waals surface area contributed by atoms with Crippen LogP contribution in [0.2, 0.25) is 0 Å². The fraction of sp³-hybridized carbons (Fsp3) is 1.00. The molecule has 0 aromatic carbocycles.